The van der Waals surface area contributed by atoms with E-state index in [-0.39, 0.29) is 29.3 Å². The van der Waals surface area contributed by atoms with Crippen LogP contribution in [-0.4, -0.2) is 44.7 Å². The Bertz CT molecular complexity index is 637. The number of carboxylic acid groups (broad SMARTS) is 1. The molecule has 0 heterocycles. The van der Waals surface area contributed by atoms with Crippen LogP contribution in [0.1, 0.15) is 78.6 Å². The predicted octanol–water partition coefficient (Wildman–Crippen LogP) is 3.45. The van der Waals surface area contributed by atoms with Crippen molar-refractivity contribution in [2.75, 3.05) is 0 Å². The Kier molecular flexibility index (Phi) is 5.57. The molecule has 0 radical (unpaired) electrons. The Hall–Kier alpha value is -0.650. The lowest BCUT2D eigenvalue weighted by molar-refractivity contribution is -0.200. The zero-order chi connectivity index (χ0) is 21.1. The van der Waals surface area contributed by atoms with Crippen molar-refractivity contribution in [2.24, 2.45) is 46.3 Å². The molecule has 29 heavy (non-hydrogen) atoms. The Morgan fingerprint density at radius 1 is 1.00 bits per heavy atom. The molecule has 0 bridgehead atoms. The molecule has 4 aliphatic rings. The normalized spacial score (nSPS) is 52.9. The van der Waals surface area contributed by atoms with Crippen molar-refractivity contribution in [3.63, 3.8) is 0 Å². The first-order valence-corrected chi connectivity index (χ1v) is 11.9. The van der Waals surface area contributed by atoms with Crippen LogP contribution < -0.4 is 0 Å². The lowest BCUT2D eigenvalue weighted by Crippen LogP contribution is -2.61. The fourth-order valence-electron chi connectivity index (χ4n) is 8.79. The molecule has 0 amide bonds. The van der Waals surface area contributed by atoms with Crippen molar-refractivity contribution >= 4 is 5.97 Å². The molecule has 4 N–H and O–H groups in total. The Morgan fingerprint density at radius 3 is 2.38 bits per heavy atom. The standard InChI is InChI=1S/C24H40O5/c1-13(4-9-21(27)28)15-7-8-16-14-5-6-17-22(29)19(25)10-11-23(17,2)18(14)12-20(26)24(15,16)3/h13-20,22,25-26,29H,4-12H2,1-3H3,(H,27,28)/t13-,14?,15?,16?,17?,18?,19+,20-,22+,23-,24+/m0/s1. The molecule has 5 unspecified atom stereocenters. The summed E-state index contributed by atoms with van der Waals surface area (Å²) < 4.78 is 0. The van der Waals surface area contributed by atoms with Gasteiger partial charge in [-0.15, -0.1) is 0 Å². The van der Waals surface area contributed by atoms with Crippen LogP contribution in [0.15, 0.2) is 0 Å². The third kappa shape index (κ3) is 3.18. The zero-order valence-electron chi connectivity index (χ0n) is 18.3. The fraction of sp³-hybridized carbons (Fsp3) is 0.958. The van der Waals surface area contributed by atoms with Gasteiger partial charge >= 0.3 is 5.97 Å². The van der Waals surface area contributed by atoms with E-state index in [0.717, 1.165) is 38.5 Å². The molecule has 11 atom stereocenters. The van der Waals surface area contributed by atoms with Gasteiger partial charge in [0.2, 0.25) is 0 Å². The van der Waals surface area contributed by atoms with Gasteiger partial charge in [0, 0.05) is 6.42 Å². The summed E-state index contributed by atoms with van der Waals surface area (Å²) in [5.74, 6) is 1.56. The first-order valence-electron chi connectivity index (χ1n) is 11.9. The molecule has 0 aromatic carbocycles. The first kappa shape index (κ1) is 21.6. The number of hydrogen-bond acceptors (Lipinski definition) is 4. The van der Waals surface area contributed by atoms with Crippen molar-refractivity contribution in [3.05, 3.63) is 0 Å². The van der Waals surface area contributed by atoms with Gasteiger partial charge in [0.05, 0.1) is 18.3 Å². The van der Waals surface area contributed by atoms with Gasteiger partial charge in [-0.2, -0.15) is 0 Å². The highest BCUT2D eigenvalue weighted by atomic mass is 16.4. The molecule has 0 aromatic rings. The molecule has 4 aliphatic carbocycles. The molecular weight excluding hydrogens is 368 g/mol. The maximum Gasteiger partial charge on any atom is 0.303 e. The number of aliphatic carboxylic acids is 1. The largest absolute Gasteiger partial charge is 0.481 e. The van der Waals surface area contributed by atoms with Crippen LogP contribution in [0.4, 0.5) is 0 Å². The van der Waals surface area contributed by atoms with Gasteiger partial charge < -0.3 is 20.4 Å². The van der Waals surface area contributed by atoms with Crippen molar-refractivity contribution in [3.8, 4) is 0 Å². The van der Waals surface area contributed by atoms with Crippen LogP contribution in [0.3, 0.4) is 0 Å². The number of fused-ring (bicyclic) bond motifs is 5. The average molecular weight is 409 g/mol. The smallest absolute Gasteiger partial charge is 0.303 e. The van der Waals surface area contributed by atoms with Gasteiger partial charge in [-0.05, 0) is 97.7 Å². The van der Waals surface area contributed by atoms with E-state index >= 15 is 0 Å². The van der Waals surface area contributed by atoms with Gasteiger partial charge in [-0.25, -0.2) is 0 Å². The van der Waals surface area contributed by atoms with Crippen LogP contribution >= 0.6 is 0 Å². The Morgan fingerprint density at radius 2 is 1.69 bits per heavy atom. The van der Waals surface area contributed by atoms with E-state index in [1.807, 2.05) is 0 Å². The SMILES string of the molecule is C[C@@H](CCC(=O)O)C1CCC2C3CCC4[C@@H](O)[C@H](O)CC[C@]4(C)C3C[C@H](O)[C@@]21C. The second kappa shape index (κ2) is 7.49. The van der Waals surface area contributed by atoms with Crippen LogP contribution in [0.2, 0.25) is 0 Å². The number of hydrogen-bond donors (Lipinski definition) is 4. The molecule has 0 saturated heterocycles. The monoisotopic (exact) mass is 408 g/mol. The zero-order valence-corrected chi connectivity index (χ0v) is 18.3. The molecule has 5 nitrogen and oxygen atoms in total. The number of carbonyl (C=O) groups is 1. The van der Waals surface area contributed by atoms with Crippen molar-refractivity contribution in [1.29, 1.82) is 0 Å². The third-order valence-corrected chi connectivity index (χ3v) is 10.4. The maximum atomic E-state index is 11.5. The molecule has 4 fully saturated rings. The summed E-state index contributed by atoms with van der Waals surface area (Å²) in [6, 6.07) is 0. The van der Waals surface area contributed by atoms with Gasteiger partial charge in [0.1, 0.15) is 0 Å². The number of rotatable bonds is 4. The summed E-state index contributed by atoms with van der Waals surface area (Å²) in [6.45, 7) is 6.76. The van der Waals surface area contributed by atoms with Gasteiger partial charge in [0.25, 0.3) is 0 Å². The summed E-state index contributed by atoms with van der Waals surface area (Å²) >= 11 is 0. The Balaban J connectivity index is 1.58. The van der Waals surface area contributed by atoms with Crippen LogP contribution in [-0.2, 0) is 4.79 Å². The first-order chi connectivity index (χ1) is 13.6. The number of carboxylic acids is 1. The number of aliphatic hydroxyl groups excluding tert-OH is 3. The summed E-state index contributed by atoms with van der Waals surface area (Å²) in [5.41, 5.74) is -0.133. The second-order valence-electron chi connectivity index (χ2n) is 11.4. The van der Waals surface area contributed by atoms with Crippen LogP contribution in [0.5, 0.6) is 0 Å². The van der Waals surface area contributed by atoms with Gasteiger partial charge in [-0.3, -0.25) is 4.79 Å². The van der Waals surface area contributed by atoms with Crippen LogP contribution in [0, 0.1) is 46.3 Å². The lowest BCUT2D eigenvalue weighted by atomic mass is 9.43. The summed E-state index contributed by atoms with van der Waals surface area (Å²) in [6.07, 6.45) is 5.94. The molecule has 4 rings (SSSR count). The third-order valence-electron chi connectivity index (χ3n) is 10.4. The summed E-state index contributed by atoms with van der Waals surface area (Å²) in [7, 11) is 0. The molecule has 0 aliphatic heterocycles. The Labute approximate surface area is 174 Å². The van der Waals surface area contributed by atoms with Crippen molar-refractivity contribution < 1.29 is 25.2 Å². The van der Waals surface area contributed by atoms with Gasteiger partial charge in [-0.1, -0.05) is 20.8 Å². The lowest BCUT2D eigenvalue weighted by Gasteiger charge is -2.63. The van der Waals surface area contributed by atoms with E-state index in [1.165, 1.54) is 0 Å². The summed E-state index contributed by atoms with van der Waals surface area (Å²) in [5, 5.41) is 41.5. The van der Waals surface area contributed by atoms with E-state index in [4.69, 9.17) is 5.11 Å². The minimum absolute atomic E-state index is 0.00309. The fourth-order valence-corrected chi connectivity index (χ4v) is 8.79. The number of aliphatic hydroxyl groups is 3. The van der Waals surface area contributed by atoms with E-state index in [9.17, 15) is 20.1 Å². The van der Waals surface area contributed by atoms with E-state index in [2.05, 4.69) is 20.8 Å². The quantitative estimate of drug-likeness (QED) is 0.571. The molecule has 0 spiro atoms. The topological polar surface area (TPSA) is 98.0 Å². The highest BCUT2D eigenvalue weighted by Crippen LogP contribution is 2.68. The van der Waals surface area contributed by atoms with E-state index in [0.29, 0.717) is 42.4 Å². The van der Waals surface area contributed by atoms with Gasteiger partial charge in [0.15, 0.2) is 0 Å². The highest BCUT2D eigenvalue weighted by molar-refractivity contribution is 5.66. The average Bonchev–Trinajstić information content (AvgIpc) is 3.03. The van der Waals surface area contributed by atoms with E-state index < -0.39 is 18.2 Å². The van der Waals surface area contributed by atoms with Crippen LogP contribution in [0.25, 0.3) is 0 Å². The highest BCUT2D eigenvalue weighted by Gasteiger charge is 2.64. The minimum atomic E-state index is -0.731. The molecule has 166 valence electrons. The predicted molar refractivity (Wildman–Crippen MR) is 110 cm³/mol. The maximum absolute atomic E-state index is 11.5. The summed E-state index contributed by atoms with van der Waals surface area (Å²) in [4.78, 5) is 11.1. The molecule has 5 heteroatoms. The molecule has 0 aromatic heterocycles. The van der Waals surface area contributed by atoms with Crippen molar-refractivity contribution in [1.82, 2.24) is 0 Å². The van der Waals surface area contributed by atoms with Crippen molar-refractivity contribution in [2.45, 2.75) is 96.9 Å². The molecular formula is C24H40O5. The molecule has 4 saturated carbocycles. The second-order valence-corrected chi connectivity index (χ2v) is 11.4. The van der Waals surface area contributed by atoms with E-state index in [1.54, 1.807) is 0 Å². The minimum Gasteiger partial charge on any atom is -0.481 e.